The molecular weight excluding hydrogens is 254 g/mol. The molecule has 0 saturated carbocycles. The average molecular weight is 272 g/mol. The third-order valence-electron chi connectivity index (χ3n) is 2.27. The molecule has 0 unspecified atom stereocenters. The summed E-state index contributed by atoms with van der Waals surface area (Å²) in [6.45, 7) is 2.03. The number of nitrogens with zero attached hydrogens (tertiary/aromatic N) is 2. The van der Waals surface area contributed by atoms with Crippen LogP contribution in [-0.4, -0.2) is 39.1 Å². The summed E-state index contributed by atoms with van der Waals surface area (Å²) in [5.74, 6) is 0. The van der Waals surface area contributed by atoms with E-state index in [-0.39, 0.29) is 0 Å². The minimum Gasteiger partial charge on any atom is -0.399 e. The first-order valence-corrected chi connectivity index (χ1v) is 5.71. The van der Waals surface area contributed by atoms with E-state index >= 15 is 0 Å². The Morgan fingerprint density at radius 3 is 2.40 bits per heavy atom. The molecule has 1 aromatic carbocycles. The van der Waals surface area contributed by atoms with Crippen LogP contribution in [0.4, 0.5) is 11.4 Å². The number of rotatable bonds is 4. The van der Waals surface area contributed by atoms with Gasteiger partial charge < -0.3 is 15.5 Å². The summed E-state index contributed by atoms with van der Waals surface area (Å²) in [5, 5.41) is 0. The highest BCUT2D eigenvalue weighted by Crippen LogP contribution is 2.27. The molecule has 0 aliphatic heterocycles. The van der Waals surface area contributed by atoms with Crippen molar-refractivity contribution >= 4 is 27.3 Å². The third kappa shape index (κ3) is 3.72. The van der Waals surface area contributed by atoms with Crippen LogP contribution < -0.4 is 10.6 Å². The molecule has 0 radical (unpaired) electrons. The van der Waals surface area contributed by atoms with Crippen molar-refractivity contribution in [3.8, 4) is 0 Å². The summed E-state index contributed by atoms with van der Waals surface area (Å²) in [6.07, 6.45) is 0. The second kappa shape index (κ2) is 5.37. The highest BCUT2D eigenvalue weighted by atomic mass is 79.9. The maximum atomic E-state index is 5.69. The number of likely N-dealkylation sites (N-methyl/N-ethyl adjacent to an activating group) is 2. The van der Waals surface area contributed by atoms with Crippen molar-refractivity contribution in [3.05, 3.63) is 22.7 Å². The quantitative estimate of drug-likeness (QED) is 0.851. The van der Waals surface area contributed by atoms with E-state index in [0.29, 0.717) is 0 Å². The van der Waals surface area contributed by atoms with Crippen LogP contribution in [0.5, 0.6) is 0 Å². The van der Waals surface area contributed by atoms with E-state index in [2.05, 4.69) is 46.9 Å². The first-order chi connectivity index (χ1) is 7.00. The molecule has 0 fully saturated rings. The van der Waals surface area contributed by atoms with Crippen LogP contribution in [-0.2, 0) is 0 Å². The first-order valence-electron chi connectivity index (χ1n) is 4.91. The number of nitrogen functional groups attached to an aromatic ring is 1. The molecule has 0 spiro atoms. The van der Waals surface area contributed by atoms with Gasteiger partial charge >= 0.3 is 0 Å². The van der Waals surface area contributed by atoms with Crippen LogP contribution in [0.1, 0.15) is 0 Å². The third-order valence-corrected chi connectivity index (χ3v) is 2.90. The molecule has 0 bridgehead atoms. The molecule has 84 valence electrons. The summed E-state index contributed by atoms with van der Waals surface area (Å²) in [4.78, 5) is 4.38. The van der Waals surface area contributed by atoms with Gasteiger partial charge in [-0.25, -0.2) is 0 Å². The fourth-order valence-electron chi connectivity index (χ4n) is 1.30. The normalized spacial score (nSPS) is 10.7. The van der Waals surface area contributed by atoms with E-state index < -0.39 is 0 Å². The molecule has 0 atom stereocenters. The predicted octanol–water partition coefficient (Wildman–Crippen LogP) is 2.03. The lowest BCUT2D eigenvalue weighted by atomic mass is 10.2. The summed E-state index contributed by atoms with van der Waals surface area (Å²) in [5.41, 5.74) is 7.65. The van der Waals surface area contributed by atoms with Gasteiger partial charge in [-0.05, 0) is 48.2 Å². The fraction of sp³-hybridized carbons (Fsp3) is 0.455. The molecule has 0 heterocycles. The maximum absolute atomic E-state index is 5.69. The van der Waals surface area contributed by atoms with Gasteiger partial charge in [0, 0.05) is 30.3 Å². The Bertz CT molecular complexity index is 326. The van der Waals surface area contributed by atoms with Crippen molar-refractivity contribution in [2.24, 2.45) is 0 Å². The van der Waals surface area contributed by atoms with E-state index in [4.69, 9.17) is 5.73 Å². The lowest BCUT2D eigenvalue weighted by Gasteiger charge is -2.22. The fourth-order valence-corrected chi connectivity index (χ4v) is 2.00. The molecule has 1 rings (SSSR count). The van der Waals surface area contributed by atoms with Crippen molar-refractivity contribution in [1.29, 1.82) is 0 Å². The zero-order chi connectivity index (χ0) is 11.4. The molecule has 0 aliphatic carbocycles. The number of halogens is 1. The lowest BCUT2D eigenvalue weighted by Crippen LogP contribution is -2.28. The van der Waals surface area contributed by atoms with Crippen molar-refractivity contribution in [2.75, 3.05) is 44.9 Å². The van der Waals surface area contributed by atoms with Gasteiger partial charge in [0.15, 0.2) is 0 Å². The molecule has 2 N–H and O–H groups in total. The molecule has 15 heavy (non-hydrogen) atoms. The van der Waals surface area contributed by atoms with Crippen LogP contribution in [0.2, 0.25) is 0 Å². The summed E-state index contributed by atoms with van der Waals surface area (Å²) in [6, 6.07) is 5.89. The highest BCUT2D eigenvalue weighted by Gasteiger charge is 2.05. The lowest BCUT2D eigenvalue weighted by molar-refractivity contribution is 0.416. The number of anilines is 2. The van der Waals surface area contributed by atoms with E-state index in [9.17, 15) is 0 Å². The second-order valence-electron chi connectivity index (χ2n) is 3.94. The minimum absolute atomic E-state index is 0.784. The molecular formula is C11H18BrN3. The average Bonchev–Trinajstić information content (AvgIpc) is 2.14. The summed E-state index contributed by atoms with van der Waals surface area (Å²) in [7, 11) is 6.23. The van der Waals surface area contributed by atoms with E-state index in [1.807, 2.05) is 18.2 Å². The van der Waals surface area contributed by atoms with E-state index in [1.54, 1.807) is 0 Å². The Morgan fingerprint density at radius 1 is 1.20 bits per heavy atom. The van der Waals surface area contributed by atoms with Gasteiger partial charge in [0.2, 0.25) is 0 Å². The highest BCUT2D eigenvalue weighted by molar-refractivity contribution is 9.10. The Labute approximate surface area is 100.0 Å². The predicted molar refractivity (Wildman–Crippen MR) is 70.4 cm³/mol. The Kier molecular flexibility index (Phi) is 4.42. The molecule has 0 aliphatic rings. The Morgan fingerprint density at radius 2 is 1.87 bits per heavy atom. The SMILES string of the molecule is CN(C)CCN(C)c1ccc(N)cc1Br. The van der Waals surface area contributed by atoms with Gasteiger partial charge in [-0.2, -0.15) is 0 Å². The summed E-state index contributed by atoms with van der Waals surface area (Å²) < 4.78 is 1.05. The monoisotopic (exact) mass is 271 g/mol. The Balaban J connectivity index is 2.69. The molecule has 0 amide bonds. The molecule has 0 aromatic heterocycles. The second-order valence-corrected chi connectivity index (χ2v) is 4.79. The van der Waals surface area contributed by atoms with Crippen LogP contribution >= 0.6 is 15.9 Å². The maximum Gasteiger partial charge on any atom is 0.0510 e. The smallest absolute Gasteiger partial charge is 0.0510 e. The Hall–Kier alpha value is -0.740. The van der Waals surface area contributed by atoms with E-state index in [0.717, 1.165) is 23.2 Å². The molecule has 3 nitrogen and oxygen atoms in total. The van der Waals surface area contributed by atoms with Gasteiger partial charge in [0.1, 0.15) is 0 Å². The van der Waals surface area contributed by atoms with Crippen molar-refractivity contribution in [2.45, 2.75) is 0 Å². The van der Waals surface area contributed by atoms with Crippen molar-refractivity contribution in [1.82, 2.24) is 4.90 Å². The van der Waals surface area contributed by atoms with Crippen molar-refractivity contribution in [3.63, 3.8) is 0 Å². The zero-order valence-electron chi connectivity index (χ0n) is 9.50. The van der Waals surface area contributed by atoms with E-state index in [1.165, 1.54) is 5.69 Å². The van der Waals surface area contributed by atoms with Gasteiger partial charge in [0.25, 0.3) is 0 Å². The number of nitrogens with two attached hydrogens (primary N) is 1. The van der Waals surface area contributed by atoms with Crippen LogP contribution in [0.3, 0.4) is 0 Å². The number of benzene rings is 1. The minimum atomic E-state index is 0.784. The zero-order valence-corrected chi connectivity index (χ0v) is 11.1. The van der Waals surface area contributed by atoms with Crippen LogP contribution in [0.15, 0.2) is 22.7 Å². The summed E-state index contributed by atoms with van der Waals surface area (Å²) >= 11 is 3.52. The number of hydrogen-bond donors (Lipinski definition) is 1. The molecule has 1 aromatic rings. The van der Waals surface area contributed by atoms with Gasteiger partial charge in [-0.1, -0.05) is 0 Å². The van der Waals surface area contributed by atoms with Gasteiger partial charge in [-0.3, -0.25) is 0 Å². The molecule has 4 heteroatoms. The topological polar surface area (TPSA) is 32.5 Å². The van der Waals surface area contributed by atoms with Gasteiger partial charge in [-0.15, -0.1) is 0 Å². The van der Waals surface area contributed by atoms with Gasteiger partial charge in [0.05, 0.1) is 5.69 Å². The molecule has 0 saturated heterocycles. The van der Waals surface area contributed by atoms with Crippen LogP contribution in [0.25, 0.3) is 0 Å². The number of hydrogen-bond acceptors (Lipinski definition) is 3. The van der Waals surface area contributed by atoms with Crippen molar-refractivity contribution < 1.29 is 0 Å². The largest absolute Gasteiger partial charge is 0.399 e. The first kappa shape index (κ1) is 12.3. The standard InChI is InChI=1S/C11H18BrN3/c1-14(2)6-7-15(3)11-5-4-9(13)8-10(11)12/h4-5,8H,6-7,13H2,1-3H3. The van der Waals surface area contributed by atoms with Crippen LogP contribution in [0, 0.1) is 0 Å².